The minimum absolute atomic E-state index is 0.836. The van der Waals surface area contributed by atoms with Crippen molar-refractivity contribution in [1.29, 1.82) is 0 Å². The third kappa shape index (κ3) is 6.30. The molecule has 2 N–H and O–H groups in total. The molecule has 0 aliphatic carbocycles. The highest BCUT2D eigenvalue weighted by Crippen LogP contribution is 2.26. The zero-order chi connectivity index (χ0) is 9.56. The minimum Gasteiger partial charge on any atom is -0.444 e. The van der Waals surface area contributed by atoms with Crippen LogP contribution < -0.4 is 0 Å². The Morgan fingerprint density at radius 2 is 1.67 bits per heavy atom. The highest BCUT2D eigenvalue weighted by atomic mass is 31.1. The molecule has 0 radical (unpaired) electrons. The third-order valence-corrected chi connectivity index (χ3v) is 1.26. The Kier molecular flexibility index (Phi) is 5.92. The van der Waals surface area contributed by atoms with Crippen molar-refractivity contribution in [3.8, 4) is 0 Å². The Balaban J connectivity index is 3.93. The molecule has 7 nitrogen and oxygen atoms in total. The van der Waals surface area contributed by atoms with E-state index >= 15 is 0 Å². The van der Waals surface area contributed by atoms with Gasteiger partial charge in [-0.2, -0.15) is 0 Å². The van der Waals surface area contributed by atoms with Gasteiger partial charge in [-0.15, -0.1) is 9.79 Å². The van der Waals surface area contributed by atoms with Gasteiger partial charge in [0.1, 0.15) is 0 Å². The summed E-state index contributed by atoms with van der Waals surface area (Å²) in [6.07, 6.45) is 0.836. The molecule has 12 heavy (non-hydrogen) atoms. The number of ether oxygens (including phenoxy) is 1. The first kappa shape index (κ1) is 11.6. The Labute approximate surface area is 69.5 Å². The molecule has 0 spiro atoms. The summed E-state index contributed by atoms with van der Waals surface area (Å²) in [6.45, 7) is 1.38. The highest BCUT2D eigenvalue weighted by molar-refractivity contribution is 7.32. The lowest BCUT2D eigenvalue weighted by Gasteiger charge is -1.99. The first-order chi connectivity index (χ1) is 5.56. The first-order valence-corrected chi connectivity index (χ1v) is 4.74. The van der Waals surface area contributed by atoms with Gasteiger partial charge >= 0.3 is 23.0 Å². The lowest BCUT2D eigenvalue weighted by Crippen LogP contribution is -2.11. The van der Waals surface area contributed by atoms with Crippen molar-refractivity contribution in [2.45, 2.75) is 6.48 Å². The van der Waals surface area contributed by atoms with Gasteiger partial charge in [-0.25, -0.2) is 0 Å². The average Bonchev–Trinajstić information content (AvgIpc) is 1.84. The lowest BCUT2D eigenvalue weighted by atomic mass is 11.1. The van der Waals surface area contributed by atoms with Crippen LogP contribution in [0, 0.1) is 0 Å². The molecule has 0 saturated heterocycles. The Bertz CT molecular complexity index is 175. The fraction of sp³-hybridized carbons (Fsp3) is 0.333. The molecule has 2 unspecified atom stereocenters. The average molecular weight is 216 g/mol. The minimum atomic E-state index is -2.97. The maximum Gasteiger partial charge on any atom is 0.701 e. The van der Waals surface area contributed by atoms with Gasteiger partial charge in [0.2, 0.25) is 0 Å². The fourth-order valence-electron chi connectivity index (χ4n) is 0.295. The Morgan fingerprint density at radius 3 is 1.92 bits per heavy atom. The van der Waals surface area contributed by atoms with Crippen LogP contribution in [0.3, 0.4) is 0 Å². The summed E-state index contributed by atoms with van der Waals surface area (Å²) in [6, 6.07) is 0. The van der Waals surface area contributed by atoms with Crippen LogP contribution >= 0.6 is 16.5 Å². The van der Waals surface area contributed by atoms with Crippen molar-refractivity contribution in [1.82, 2.24) is 0 Å². The second-order valence-corrected chi connectivity index (χ2v) is 2.65. The molecule has 0 aliphatic heterocycles. The van der Waals surface area contributed by atoms with Gasteiger partial charge in [0.05, 0.1) is 6.26 Å². The van der Waals surface area contributed by atoms with E-state index in [1.165, 1.54) is 0 Å². The monoisotopic (exact) mass is 216 g/mol. The fourth-order valence-corrected chi connectivity index (χ4v) is 0.843. The molecule has 0 rings (SSSR count). The maximum atomic E-state index is 10.0. The Morgan fingerprint density at radius 1 is 1.25 bits per heavy atom. The Hall–Kier alpha value is -0.420. The van der Waals surface area contributed by atoms with Gasteiger partial charge in [-0.3, -0.25) is 0 Å². The SMILES string of the molecule is C=COC(O[P+](=O)O)O[P+](=O)O. The van der Waals surface area contributed by atoms with E-state index in [-0.39, 0.29) is 0 Å². The zero-order valence-corrected chi connectivity index (χ0v) is 7.48. The summed E-state index contributed by atoms with van der Waals surface area (Å²) in [7, 11) is -5.94. The van der Waals surface area contributed by atoms with E-state index < -0.39 is 23.0 Å². The summed E-state index contributed by atoms with van der Waals surface area (Å²) < 4.78 is 32.4. The zero-order valence-electron chi connectivity index (χ0n) is 5.69. The second kappa shape index (κ2) is 6.14. The summed E-state index contributed by atoms with van der Waals surface area (Å²) in [5.74, 6) is 0. The van der Waals surface area contributed by atoms with Crippen LogP contribution in [0.15, 0.2) is 12.8 Å². The predicted octanol–water partition coefficient (Wildman–Crippen LogP) is 0.763. The van der Waals surface area contributed by atoms with Gasteiger partial charge in [-0.1, -0.05) is 6.58 Å². The third-order valence-electron chi connectivity index (χ3n) is 0.560. The first-order valence-electron chi connectivity index (χ1n) is 2.48. The number of hydrogen-bond acceptors (Lipinski definition) is 5. The molecular weight excluding hydrogens is 210 g/mol. The largest absolute Gasteiger partial charge is 0.701 e. The van der Waals surface area contributed by atoms with Crippen LogP contribution in [0.25, 0.3) is 0 Å². The van der Waals surface area contributed by atoms with Crippen LogP contribution in [0.1, 0.15) is 0 Å². The van der Waals surface area contributed by atoms with Crippen molar-refractivity contribution in [2.75, 3.05) is 0 Å². The van der Waals surface area contributed by atoms with E-state index in [9.17, 15) is 9.13 Å². The molecule has 9 heteroatoms. The summed E-state index contributed by atoms with van der Waals surface area (Å²) in [4.78, 5) is 16.4. The molecule has 68 valence electrons. The van der Waals surface area contributed by atoms with E-state index in [2.05, 4.69) is 20.4 Å². The van der Waals surface area contributed by atoms with E-state index in [0.717, 1.165) is 6.26 Å². The lowest BCUT2D eigenvalue weighted by molar-refractivity contribution is -0.166. The molecule has 0 aliphatic rings. The van der Waals surface area contributed by atoms with Crippen LogP contribution in [-0.2, 0) is 22.9 Å². The molecule has 0 saturated carbocycles. The molecule has 2 atom stereocenters. The highest BCUT2D eigenvalue weighted by Gasteiger charge is 2.33. The van der Waals surface area contributed by atoms with Crippen LogP contribution in [0.4, 0.5) is 0 Å². The van der Waals surface area contributed by atoms with Crippen LogP contribution in [-0.4, -0.2) is 16.3 Å². The van der Waals surface area contributed by atoms with E-state index in [1.807, 2.05) is 0 Å². The summed E-state index contributed by atoms with van der Waals surface area (Å²) in [5.41, 5.74) is 0. The quantitative estimate of drug-likeness (QED) is 0.383. The van der Waals surface area contributed by atoms with E-state index in [1.54, 1.807) is 0 Å². The van der Waals surface area contributed by atoms with Crippen molar-refractivity contribution in [2.24, 2.45) is 0 Å². The standard InChI is InChI=1S/C3H4O7P2/c1-2-8-3(9-11(4)5)10-12(6)7/h2-3H,1H2/p+2. The predicted molar refractivity (Wildman–Crippen MR) is 36.9 cm³/mol. The van der Waals surface area contributed by atoms with Crippen molar-refractivity contribution >= 4 is 16.5 Å². The summed E-state index contributed by atoms with van der Waals surface area (Å²) >= 11 is 0. The van der Waals surface area contributed by atoms with E-state index in [4.69, 9.17) is 9.79 Å². The topological polar surface area (TPSA) is 102 Å². The molecular formula is C3H6O7P2+2. The van der Waals surface area contributed by atoms with Crippen LogP contribution in [0.5, 0.6) is 0 Å². The molecule has 0 amide bonds. The smallest absolute Gasteiger partial charge is 0.444 e. The van der Waals surface area contributed by atoms with Gasteiger partial charge in [0.15, 0.2) is 0 Å². The normalized spacial score (nSPS) is 14.8. The van der Waals surface area contributed by atoms with Gasteiger partial charge < -0.3 is 4.74 Å². The van der Waals surface area contributed by atoms with Crippen molar-refractivity contribution in [3.05, 3.63) is 12.8 Å². The molecule has 0 aromatic heterocycles. The van der Waals surface area contributed by atoms with Crippen LogP contribution in [0.2, 0.25) is 0 Å². The second-order valence-electron chi connectivity index (χ2n) is 1.28. The maximum absolute atomic E-state index is 10.0. The molecule has 0 aromatic carbocycles. The molecule has 0 fully saturated rings. The number of rotatable bonds is 6. The molecule has 0 bridgehead atoms. The molecule has 0 aromatic rings. The van der Waals surface area contributed by atoms with Crippen molar-refractivity contribution in [3.63, 3.8) is 0 Å². The van der Waals surface area contributed by atoms with Crippen molar-refractivity contribution < 1.29 is 32.7 Å². The number of hydrogen-bond donors (Lipinski definition) is 2. The van der Waals surface area contributed by atoms with Gasteiger partial charge in [-0.05, 0) is 9.05 Å². The van der Waals surface area contributed by atoms with E-state index in [0.29, 0.717) is 0 Å². The summed E-state index contributed by atoms with van der Waals surface area (Å²) in [5, 5.41) is 0. The van der Waals surface area contributed by atoms with Gasteiger partial charge in [0, 0.05) is 9.13 Å². The van der Waals surface area contributed by atoms with Gasteiger partial charge in [0.25, 0.3) is 0 Å². The molecule has 0 heterocycles.